The van der Waals surface area contributed by atoms with Crippen molar-refractivity contribution in [2.45, 2.75) is 44.8 Å². The lowest BCUT2D eigenvalue weighted by molar-refractivity contribution is -0.138. The van der Waals surface area contributed by atoms with Gasteiger partial charge in [0, 0.05) is 24.1 Å². The fourth-order valence-electron chi connectivity index (χ4n) is 2.47. The second kappa shape index (κ2) is 12.1. The molecule has 0 fully saturated rings. The second-order valence-corrected chi connectivity index (χ2v) is 7.30. The van der Waals surface area contributed by atoms with Gasteiger partial charge >= 0.3 is 5.97 Å². The summed E-state index contributed by atoms with van der Waals surface area (Å²) in [6.07, 6.45) is 3.40. The summed E-state index contributed by atoms with van der Waals surface area (Å²) >= 11 is 4.09. The first kappa shape index (κ1) is 24.4. The number of amides is 3. The number of nitrogens with zero attached hydrogens (tertiary/aromatic N) is 1. The number of thiol groups is 1. The quantitative estimate of drug-likeness (QED) is 0.196. The molecule has 0 aliphatic carbocycles. The minimum absolute atomic E-state index is 0.0144. The van der Waals surface area contributed by atoms with E-state index in [0.717, 1.165) is 0 Å². The summed E-state index contributed by atoms with van der Waals surface area (Å²) < 4.78 is 0. The molecular formula is C17H28N6O5S. The van der Waals surface area contributed by atoms with Gasteiger partial charge in [0.25, 0.3) is 0 Å². The summed E-state index contributed by atoms with van der Waals surface area (Å²) in [6.45, 7) is 3.25. The largest absolute Gasteiger partial charge is 0.480 e. The summed E-state index contributed by atoms with van der Waals surface area (Å²) in [7, 11) is 0. The molecule has 12 heteroatoms. The van der Waals surface area contributed by atoms with Gasteiger partial charge in [0.05, 0.1) is 12.4 Å². The van der Waals surface area contributed by atoms with Crippen LogP contribution in [0.4, 0.5) is 0 Å². The molecule has 0 saturated carbocycles. The van der Waals surface area contributed by atoms with E-state index in [2.05, 4.69) is 38.5 Å². The van der Waals surface area contributed by atoms with Gasteiger partial charge in [-0.3, -0.25) is 19.2 Å². The Labute approximate surface area is 174 Å². The van der Waals surface area contributed by atoms with Gasteiger partial charge < -0.3 is 31.8 Å². The molecule has 1 aromatic heterocycles. The van der Waals surface area contributed by atoms with Crippen LogP contribution in [0.2, 0.25) is 0 Å². The Balaban J connectivity index is 2.80. The van der Waals surface area contributed by atoms with Crippen LogP contribution >= 0.6 is 12.6 Å². The average molecular weight is 429 g/mol. The Hall–Kier alpha value is -2.60. The lowest BCUT2D eigenvalue weighted by Crippen LogP contribution is -2.57. The van der Waals surface area contributed by atoms with Crippen LogP contribution in [-0.4, -0.2) is 69.2 Å². The minimum atomic E-state index is -1.22. The fourth-order valence-corrected chi connectivity index (χ4v) is 2.73. The molecule has 0 radical (unpaired) electrons. The highest BCUT2D eigenvalue weighted by Crippen LogP contribution is 2.04. The number of carbonyl (C=O) groups excluding carboxylic acids is 3. The highest BCUT2D eigenvalue weighted by molar-refractivity contribution is 7.80. The van der Waals surface area contributed by atoms with E-state index in [4.69, 9.17) is 10.8 Å². The van der Waals surface area contributed by atoms with Crippen molar-refractivity contribution >= 4 is 36.3 Å². The first-order chi connectivity index (χ1) is 13.6. The Bertz CT molecular complexity index is 696. The summed E-state index contributed by atoms with van der Waals surface area (Å²) in [4.78, 5) is 54.5. The molecule has 0 aliphatic heterocycles. The number of carboxylic acid groups (broad SMARTS) is 1. The van der Waals surface area contributed by atoms with Crippen molar-refractivity contribution in [3.05, 3.63) is 18.2 Å². The molecule has 3 atom stereocenters. The van der Waals surface area contributed by atoms with Crippen LogP contribution in [0.5, 0.6) is 0 Å². The van der Waals surface area contributed by atoms with Gasteiger partial charge in [0.15, 0.2) is 0 Å². The number of carboxylic acids is 1. The smallest absolute Gasteiger partial charge is 0.322 e. The van der Waals surface area contributed by atoms with Crippen LogP contribution in [0.15, 0.2) is 12.5 Å². The zero-order valence-electron chi connectivity index (χ0n) is 16.3. The van der Waals surface area contributed by atoms with Gasteiger partial charge in [-0.15, -0.1) is 0 Å². The van der Waals surface area contributed by atoms with Crippen LogP contribution < -0.4 is 21.7 Å². The molecule has 0 spiro atoms. The molecule has 1 aromatic rings. The highest BCUT2D eigenvalue weighted by Gasteiger charge is 2.28. The van der Waals surface area contributed by atoms with Crippen molar-refractivity contribution in [2.24, 2.45) is 11.7 Å². The van der Waals surface area contributed by atoms with Gasteiger partial charge in [-0.2, -0.15) is 12.6 Å². The maximum atomic E-state index is 12.6. The molecule has 11 nitrogen and oxygen atoms in total. The Morgan fingerprint density at radius 1 is 1.17 bits per heavy atom. The Morgan fingerprint density at radius 3 is 2.34 bits per heavy atom. The van der Waals surface area contributed by atoms with Gasteiger partial charge in [0.2, 0.25) is 17.7 Å². The number of H-pyrrole nitrogens is 1. The Morgan fingerprint density at radius 2 is 1.83 bits per heavy atom. The number of aromatic amines is 1. The SMILES string of the molecule is CC(C)CC(N)C(=O)NC(CS)C(=O)NC(Cc1cnc[nH]1)C(=O)NCC(=O)O. The van der Waals surface area contributed by atoms with Crippen molar-refractivity contribution in [3.63, 3.8) is 0 Å². The predicted molar refractivity (Wildman–Crippen MR) is 108 cm³/mol. The number of hydrogen-bond acceptors (Lipinski definition) is 7. The number of aromatic nitrogens is 2. The maximum Gasteiger partial charge on any atom is 0.322 e. The number of hydrogen-bond donors (Lipinski definition) is 7. The van der Waals surface area contributed by atoms with E-state index in [1.807, 2.05) is 13.8 Å². The van der Waals surface area contributed by atoms with Crippen molar-refractivity contribution in [2.75, 3.05) is 12.3 Å². The molecule has 1 heterocycles. The lowest BCUT2D eigenvalue weighted by atomic mass is 10.0. The maximum absolute atomic E-state index is 12.6. The summed E-state index contributed by atoms with van der Waals surface area (Å²) in [6, 6.07) is -2.86. The molecule has 162 valence electrons. The molecule has 7 N–H and O–H groups in total. The Kier molecular flexibility index (Phi) is 10.2. The summed E-state index contributed by atoms with van der Waals surface area (Å²) in [5.41, 5.74) is 6.39. The average Bonchev–Trinajstić information content (AvgIpc) is 3.15. The number of carbonyl (C=O) groups is 4. The van der Waals surface area contributed by atoms with Gasteiger partial charge in [-0.25, -0.2) is 4.98 Å². The van der Waals surface area contributed by atoms with E-state index in [9.17, 15) is 19.2 Å². The number of rotatable bonds is 12. The molecule has 0 aliphatic rings. The number of imidazole rings is 1. The highest BCUT2D eigenvalue weighted by atomic mass is 32.1. The number of nitrogens with two attached hydrogens (primary N) is 1. The number of nitrogens with one attached hydrogen (secondary N) is 4. The molecular weight excluding hydrogens is 400 g/mol. The van der Waals surface area contributed by atoms with E-state index in [1.165, 1.54) is 12.5 Å². The first-order valence-electron chi connectivity index (χ1n) is 9.08. The van der Waals surface area contributed by atoms with E-state index >= 15 is 0 Å². The minimum Gasteiger partial charge on any atom is -0.480 e. The summed E-state index contributed by atoms with van der Waals surface area (Å²) in [5, 5.41) is 16.0. The molecule has 1 rings (SSSR count). The normalized spacial score (nSPS) is 14.0. The molecule has 29 heavy (non-hydrogen) atoms. The predicted octanol–water partition coefficient (Wildman–Crippen LogP) is -1.57. The first-order valence-corrected chi connectivity index (χ1v) is 9.71. The van der Waals surface area contributed by atoms with Crippen molar-refractivity contribution in [3.8, 4) is 0 Å². The van der Waals surface area contributed by atoms with Gasteiger partial charge in [0.1, 0.15) is 18.6 Å². The second-order valence-electron chi connectivity index (χ2n) is 6.93. The van der Waals surface area contributed by atoms with E-state index in [0.29, 0.717) is 12.1 Å². The van der Waals surface area contributed by atoms with Crippen LogP contribution in [0.25, 0.3) is 0 Å². The molecule has 0 saturated heterocycles. The van der Waals surface area contributed by atoms with Crippen LogP contribution in [0.3, 0.4) is 0 Å². The standard InChI is InChI=1S/C17H28N6O5S/c1-9(2)3-11(18)15(26)23-13(7-29)17(28)22-12(4-10-5-19-8-21-10)16(27)20-6-14(24)25/h5,8-9,11-13,29H,3-4,6-7,18H2,1-2H3,(H,19,21)(H,20,27)(H,22,28)(H,23,26)(H,24,25). The van der Waals surface area contributed by atoms with E-state index in [1.54, 1.807) is 0 Å². The van der Waals surface area contributed by atoms with Crippen LogP contribution in [0.1, 0.15) is 26.0 Å². The van der Waals surface area contributed by atoms with Crippen LogP contribution in [-0.2, 0) is 25.6 Å². The third kappa shape index (κ3) is 8.96. The topological polar surface area (TPSA) is 179 Å². The zero-order chi connectivity index (χ0) is 22.0. The third-order valence-corrected chi connectivity index (χ3v) is 4.27. The fraction of sp³-hybridized carbons (Fsp3) is 0.588. The van der Waals surface area contributed by atoms with Gasteiger partial charge in [-0.1, -0.05) is 13.8 Å². The van der Waals surface area contributed by atoms with Crippen LogP contribution in [0, 0.1) is 5.92 Å². The molecule has 0 bridgehead atoms. The molecule has 3 unspecified atom stereocenters. The summed E-state index contributed by atoms with van der Waals surface area (Å²) in [5.74, 6) is -2.84. The monoisotopic (exact) mass is 428 g/mol. The van der Waals surface area contributed by atoms with Crippen molar-refractivity contribution in [1.29, 1.82) is 0 Å². The van der Waals surface area contributed by atoms with E-state index < -0.39 is 48.4 Å². The van der Waals surface area contributed by atoms with E-state index in [-0.39, 0.29) is 18.1 Å². The zero-order valence-corrected chi connectivity index (χ0v) is 17.2. The lowest BCUT2D eigenvalue weighted by Gasteiger charge is -2.23. The van der Waals surface area contributed by atoms with Gasteiger partial charge in [-0.05, 0) is 12.3 Å². The number of aliphatic carboxylic acids is 1. The molecule has 0 aromatic carbocycles. The molecule has 3 amide bonds. The van der Waals surface area contributed by atoms with Crippen molar-refractivity contribution < 1.29 is 24.3 Å². The van der Waals surface area contributed by atoms with Crippen molar-refractivity contribution in [1.82, 2.24) is 25.9 Å². The third-order valence-electron chi connectivity index (χ3n) is 3.90.